The monoisotopic (exact) mass is 812 g/mol. The largest absolute Gasteiger partial charge is 0.457 e. The van der Waals surface area contributed by atoms with Gasteiger partial charge in [-0.25, -0.2) is 0 Å². The third kappa shape index (κ3) is 7.68. The molecule has 19 unspecified atom stereocenters. The van der Waals surface area contributed by atoms with Gasteiger partial charge in [-0.05, 0) is 112 Å². The molecule has 57 heavy (non-hydrogen) atoms. The normalized spacial score (nSPS) is 49.6. The Bertz CT molecular complexity index is 1450. The van der Waals surface area contributed by atoms with E-state index in [0.717, 1.165) is 37.7 Å². The lowest BCUT2D eigenvalue weighted by Gasteiger charge is -2.71. The molecule has 0 bridgehead atoms. The van der Waals surface area contributed by atoms with E-state index in [2.05, 4.69) is 34.6 Å². The molecule has 2 saturated heterocycles. The Kier molecular flexibility index (Phi) is 13.1. The van der Waals surface area contributed by atoms with Crippen molar-refractivity contribution in [1.82, 2.24) is 0 Å². The van der Waals surface area contributed by atoms with Crippen molar-refractivity contribution in [2.75, 3.05) is 19.8 Å². The highest BCUT2D eigenvalue weighted by Crippen LogP contribution is 2.76. The number of esters is 1. The van der Waals surface area contributed by atoms with Crippen LogP contribution in [0.25, 0.3) is 0 Å². The Hall–Kier alpha value is -1.27. The minimum Gasteiger partial charge on any atom is -0.457 e. The number of carbonyl (C=O) groups is 1. The number of hydrogen-bond acceptors (Lipinski definition) is 14. The molecule has 6 aliphatic rings. The standard InChI is InChI=1S/C43H72O14/c1-22(19-44)10-9-15-42(7,52)25-13-17-41(6)24(25)11-12-28-40(5)16-14-31(39(3,4)29(40)18-30(47)43(28,41)8)56-38-36(34(50)32(48)26(20-45)55-38)57-37-35(51)33(49)27(21-53-37)54-23(2)46/h10,24-38,44-45,47-52H,9,11-21H2,1-8H3. The van der Waals surface area contributed by atoms with Gasteiger partial charge < -0.3 is 64.5 Å². The summed E-state index contributed by atoms with van der Waals surface area (Å²) in [5, 5.41) is 87.7. The fourth-order valence-electron chi connectivity index (χ4n) is 13.3. The van der Waals surface area contributed by atoms with Crippen molar-refractivity contribution in [1.29, 1.82) is 0 Å². The van der Waals surface area contributed by atoms with Gasteiger partial charge in [-0.1, -0.05) is 46.3 Å². The zero-order chi connectivity index (χ0) is 42.0. The maximum Gasteiger partial charge on any atom is 0.303 e. The molecule has 2 aliphatic heterocycles. The van der Waals surface area contributed by atoms with E-state index in [0.29, 0.717) is 25.7 Å². The van der Waals surface area contributed by atoms with Crippen LogP contribution < -0.4 is 0 Å². The zero-order valence-corrected chi connectivity index (χ0v) is 35.3. The molecule has 4 saturated carbocycles. The van der Waals surface area contributed by atoms with Gasteiger partial charge in [0.2, 0.25) is 0 Å². The molecule has 14 heteroatoms. The van der Waals surface area contributed by atoms with Crippen molar-refractivity contribution in [2.45, 2.75) is 186 Å². The minimum atomic E-state index is -1.68. The van der Waals surface area contributed by atoms with Crippen molar-refractivity contribution in [3.8, 4) is 0 Å². The Morgan fingerprint density at radius 3 is 2.21 bits per heavy atom. The highest BCUT2D eigenvalue weighted by atomic mass is 16.8. The van der Waals surface area contributed by atoms with Crippen molar-refractivity contribution >= 4 is 5.97 Å². The fourth-order valence-corrected chi connectivity index (χ4v) is 13.3. The second-order valence-corrected chi connectivity index (χ2v) is 20.1. The number of rotatable bonds is 11. The lowest BCUT2D eigenvalue weighted by Crippen LogP contribution is -2.69. The first-order valence-electron chi connectivity index (χ1n) is 21.3. The zero-order valence-electron chi connectivity index (χ0n) is 35.3. The maximum absolute atomic E-state index is 12.5. The Morgan fingerprint density at radius 2 is 1.56 bits per heavy atom. The Morgan fingerprint density at radius 1 is 0.860 bits per heavy atom. The summed E-state index contributed by atoms with van der Waals surface area (Å²) in [6.45, 7) is 15.5. The average Bonchev–Trinajstić information content (AvgIpc) is 3.52. The summed E-state index contributed by atoms with van der Waals surface area (Å²) in [5.74, 6) is -0.0398. The lowest BCUT2D eigenvalue weighted by molar-refractivity contribution is -0.371. The van der Waals surface area contributed by atoms with Crippen LogP contribution >= 0.6 is 0 Å². The first-order chi connectivity index (χ1) is 26.6. The van der Waals surface area contributed by atoms with Gasteiger partial charge in [0.05, 0.1) is 37.6 Å². The molecule has 0 spiro atoms. The Labute approximate surface area is 337 Å². The molecule has 19 atom stereocenters. The molecule has 0 aromatic carbocycles. The molecule has 8 N–H and O–H groups in total. The summed E-state index contributed by atoms with van der Waals surface area (Å²) in [6.07, 6.45) is -4.91. The number of carbonyl (C=O) groups excluding carboxylic acids is 1. The number of fused-ring (bicyclic) bond motifs is 5. The quantitative estimate of drug-likeness (QED) is 0.0853. The van der Waals surface area contributed by atoms with Crippen LogP contribution in [-0.4, -0.2) is 140 Å². The van der Waals surface area contributed by atoms with Crippen molar-refractivity contribution < 1.29 is 69.3 Å². The van der Waals surface area contributed by atoms with Crippen LogP contribution in [0.3, 0.4) is 0 Å². The third-order valence-electron chi connectivity index (χ3n) is 16.8. The molecular weight excluding hydrogens is 740 g/mol. The van der Waals surface area contributed by atoms with Crippen molar-refractivity contribution in [2.24, 2.45) is 45.3 Å². The van der Waals surface area contributed by atoms with Crippen molar-refractivity contribution in [3.63, 3.8) is 0 Å². The third-order valence-corrected chi connectivity index (χ3v) is 16.8. The van der Waals surface area contributed by atoms with Crippen LogP contribution in [0.2, 0.25) is 0 Å². The summed E-state index contributed by atoms with van der Waals surface area (Å²) in [7, 11) is 0. The SMILES string of the molecule is CC(=O)OC1COC(OC2C(OC3CCC4(C)C(CC(O)C5(C)C4CCC4C(C(C)(O)CCC=C(C)CO)CCC45C)C3(C)C)OC(CO)C(O)C2O)C(O)C1O. The molecule has 14 nitrogen and oxygen atoms in total. The fraction of sp³-hybridized carbons (Fsp3) is 0.930. The van der Waals surface area contributed by atoms with Gasteiger partial charge in [-0.2, -0.15) is 0 Å². The predicted octanol–water partition coefficient (Wildman–Crippen LogP) is 2.33. The summed E-state index contributed by atoms with van der Waals surface area (Å²) >= 11 is 0. The highest BCUT2D eigenvalue weighted by Gasteiger charge is 2.72. The van der Waals surface area contributed by atoms with Gasteiger partial charge in [0.15, 0.2) is 18.7 Å². The van der Waals surface area contributed by atoms with Crippen LogP contribution in [0.15, 0.2) is 11.6 Å². The highest BCUT2D eigenvalue weighted by molar-refractivity contribution is 5.66. The minimum absolute atomic E-state index is 0.0162. The van der Waals surface area contributed by atoms with Crippen LogP contribution in [0.5, 0.6) is 0 Å². The molecule has 6 rings (SSSR count). The Balaban J connectivity index is 1.21. The van der Waals surface area contributed by atoms with Crippen LogP contribution in [-0.2, 0) is 28.5 Å². The second kappa shape index (κ2) is 16.5. The van der Waals surface area contributed by atoms with E-state index in [1.807, 2.05) is 19.9 Å². The predicted molar refractivity (Wildman–Crippen MR) is 206 cm³/mol. The van der Waals surface area contributed by atoms with Gasteiger partial charge in [0, 0.05) is 12.3 Å². The van der Waals surface area contributed by atoms with E-state index in [9.17, 15) is 45.6 Å². The molecule has 0 amide bonds. The maximum atomic E-state index is 12.5. The number of ether oxygens (including phenoxy) is 5. The van der Waals surface area contributed by atoms with E-state index in [4.69, 9.17) is 23.7 Å². The van der Waals surface area contributed by atoms with Gasteiger partial charge in [0.25, 0.3) is 0 Å². The summed E-state index contributed by atoms with van der Waals surface area (Å²) in [5.41, 5.74) is -1.20. The van der Waals surface area contributed by atoms with E-state index >= 15 is 0 Å². The summed E-state index contributed by atoms with van der Waals surface area (Å²) in [6, 6.07) is 0. The van der Waals surface area contributed by atoms with Crippen molar-refractivity contribution in [3.05, 3.63) is 11.6 Å². The summed E-state index contributed by atoms with van der Waals surface area (Å²) in [4.78, 5) is 11.5. The summed E-state index contributed by atoms with van der Waals surface area (Å²) < 4.78 is 29.5. The topological polar surface area (TPSA) is 225 Å². The van der Waals surface area contributed by atoms with Gasteiger partial charge in [0.1, 0.15) is 36.6 Å². The molecule has 0 aromatic heterocycles. The molecule has 2 heterocycles. The van der Waals surface area contributed by atoms with E-state index in [1.165, 1.54) is 6.92 Å². The first kappa shape index (κ1) is 45.3. The van der Waals surface area contributed by atoms with E-state index in [1.54, 1.807) is 0 Å². The van der Waals surface area contributed by atoms with Gasteiger partial charge in [-0.15, -0.1) is 0 Å². The number of allylic oxidation sites excluding steroid dienone is 1. The second-order valence-electron chi connectivity index (χ2n) is 20.1. The molecule has 328 valence electrons. The van der Waals surface area contributed by atoms with Gasteiger partial charge >= 0.3 is 5.97 Å². The van der Waals surface area contributed by atoms with Crippen LogP contribution in [0.1, 0.15) is 113 Å². The van der Waals surface area contributed by atoms with E-state index in [-0.39, 0.29) is 53.1 Å². The van der Waals surface area contributed by atoms with Gasteiger partial charge in [-0.3, -0.25) is 4.79 Å². The number of aliphatic hydroxyl groups is 8. The first-order valence-corrected chi connectivity index (χ1v) is 21.3. The molecule has 4 aliphatic carbocycles. The van der Waals surface area contributed by atoms with Crippen LogP contribution in [0, 0.1) is 45.3 Å². The molecule has 6 fully saturated rings. The smallest absolute Gasteiger partial charge is 0.303 e. The lowest BCUT2D eigenvalue weighted by atomic mass is 9.34. The number of aliphatic hydroxyl groups excluding tert-OH is 7. The molecule has 0 aromatic rings. The number of hydrogen-bond donors (Lipinski definition) is 8. The molecule has 0 radical (unpaired) electrons. The molecular formula is C43H72O14. The van der Waals surface area contributed by atoms with E-state index < -0.39 is 91.1 Å². The average molecular weight is 813 g/mol. The van der Waals surface area contributed by atoms with Crippen LogP contribution in [0.4, 0.5) is 0 Å².